The van der Waals surface area contributed by atoms with Crippen molar-refractivity contribution in [1.82, 2.24) is 25.6 Å². The van der Waals surface area contributed by atoms with Gasteiger partial charge in [0.25, 0.3) is 0 Å². The minimum Gasteiger partial charge on any atom is -0.377 e. The Balaban J connectivity index is 1.45. The molecule has 0 bridgehead atoms. The van der Waals surface area contributed by atoms with Crippen LogP contribution >= 0.6 is 0 Å². The van der Waals surface area contributed by atoms with Crippen molar-refractivity contribution in [3.8, 4) is 6.07 Å². The van der Waals surface area contributed by atoms with Crippen molar-refractivity contribution in [2.75, 3.05) is 26.0 Å². The number of nitriles is 1. The summed E-state index contributed by atoms with van der Waals surface area (Å²) in [6.45, 7) is 6.59. The normalized spacial score (nSPS) is 18.1. The van der Waals surface area contributed by atoms with Crippen LogP contribution < -0.4 is 16.0 Å². The zero-order chi connectivity index (χ0) is 30.9. The summed E-state index contributed by atoms with van der Waals surface area (Å²) in [7, 11) is 3.66. The molecule has 1 unspecified atom stereocenters. The van der Waals surface area contributed by atoms with Crippen LogP contribution in [0.2, 0.25) is 0 Å². The molecular weight excluding hydrogens is 546 g/mol. The van der Waals surface area contributed by atoms with E-state index in [9.17, 15) is 14.0 Å². The first-order chi connectivity index (χ1) is 20.8. The number of nitrogens with one attached hydrogen (secondary N) is 3. The Morgan fingerprint density at radius 2 is 1.91 bits per heavy atom. The molecule has 1 aliphatic rings. The first kappa shape index (κ1) is 31.5. The number of hydrogen-bond donors (Lipinski definition) is 3. The van der Waals surface area contributed by atoms with Crippen molar-refractivity contribution < 1.29 is 8.78 Å². The Kier molecular flexibility index (Phi) is 10.8. The van der Waals surface area contributed by atoms with Crippen LogP contribution in [0.5, 0.6) is 0 Å². The van der Waals surface area contributed by atoms with E-state index in [1.54, 1.807) is 13.1 Å². The third kappa shape index (κ3) is 7.72. The second-order valence-corrected chi connectivity index (χ2v) is 11.0. The van der Waals surface area contributed by atoms with E-state index >= 15 is 0 Å². The molecule has 3 N–H and O–H groups in total. The zero-order valence-corrected chi connectivity index (χ0v) is 25.5. The highest BCUT2D eigenvalue weighted by Crippen LogP contribution is 2.36. The number of allylic oxidation sites excluding steroid dienone is 1. The highest BCUT2D eigenvalue weighted by molar-refractivity contribution is 5.99. The Bertz CT molecular complexity index is 1520. The molecule has 0 spiro atoms. The second-order valence-electron chi connectivity index (χ2n) is 11.0. The molecule has 0 amide bonds. The molecule has 1 saturated carbocycles. The van der Waals surface area contributed by atoms with Crippen LogP contribution in [0.1, 0.15) is 91.7 Å². The highest BCUT2D eigenvalue weighted by atomic mass is 19.2. The molecule has 0 radical (unpaired) electrons. The van der Waals surface area contributed by atoms with Gasteiger partial charge >= 0.3 is 0 Å². The first-order valence-corrected chi connectivity index (χ1v) is 14.8. The maximum atomic E-state index is 13.9. The molecule has 1 aromatic carbocycles. The van der Waals surface area contributed by atoms with E-state index in [2.05, 4.69) is 48.0 Å². The predicted molar refractivity (Wildman–Crippen MR) is 167 cm³/mol. The van der Waals surface area contributed by atoms with Crippen LogP contribution in [0.4, 0.5) is 14.6 Å². The van der Waals surface area contributed by atoms with Crippen LogP contribution in [0.15, 0.2) is 47.7 Å². The number of anilines is 1. The van der Waals surface area contributed by atoms with E-state index in [1.165, 1.54) is 17.8 Å². The largest absolute Gasteiger partial charge is 0.377 e. The number of benzene rings is 1. The summed E-state index contributed by atoms with van der Waals surface area (Å²) >= 11 is 0. The van der Waals surface area contributed by atoms with Gasteiger partial charge in [-0.1, -0.05) is 19.1 Å². The van der Waals surface area contributed by atoms with Crippen molar-refractivity contribution in [1.29, 1.82) is 5.26 Å². The lowest BCUT2D eigenvalue weighted by Crippen LogP contribution is -2.24. The smallest absolute Gasteiger partial charge is 0.159 e. The van der Waals surface area contributed by atoms with Gasteiger partial charge in [0.2, 0.25) is 0 Å². The molecule has 10 heteroatoms. The molecule has 1 fully saturated rings. The van der Waals surface area contributed by atoms with Crippen molar-refractivity contribution in [3.63, 3.8) is 0 Å². The molecule has 0 saturated heterocycles. The van der Waals surface area contributed by atoms with Gasteiger partial charge in [-0.3, -0.25) is 9.98 Å². The van der Waals surface area contributed by atoms with Crippen molar-refractivity contribution in [2.24, 2.45) is 10.9 Å². The van der Waals surface area contributed by atoms with Crippen molar-refractivity contribution >= 4 is 17.4 Å². The fraction of sp³-hybridized carbons (Fsp3) is 0.424. The van der Waals surface area contributed by atoms with Crippen LogP contribution in [0.3, 0.4) is 0 Å². The minimum absolute atomic E-state index is 0.200. The predicted octanol–water partition coefficient (Wildman–Crippen LogP) is 6.41. The summed E-state index contributed by atoms with van der Waals surface area (Å²) in [6.07, 6.45) is 10.4. The highest BCUT2D eigenvalue weighted by Gasteiger charge is 2.24. The van der Waals surface area contributed by atoms with Gasteiger partial charge in [0.1, 0.15) is 17.6 Å². The lowest BCUT2D eigenvalue weighted by molar-refractivity contribution is 0.338. The molecule has 1 aliphatic carbocycles. The second kappa shape index (κ2) is 14.7. The molecule has 43 heavy (non-hydrogen) atoms. The van der Waals surface area contributed by atoms with E-state index in [1.807, 2.05) is 40.1 Å². The monoisotopic (exact) mass is 586 g/mol. The number of rotatable bonds is 10. The molecule has 2 heterocycles. The Morgan fingerprint density at radius 1 is 1.14 bits per heavy atom. The third-order valence-electron chi connectivity index (χ3n) is 8.07. The lowest BCUT2D eigenvalue weighted by Gasteiger charge is -2.29. The van der Waals surface area contributed by atoms with Crippen LogP contribution in [-0.2, 0) is 0 Å². The molecule has 4 rings (SSSR count). The Hall–Kier alpha value is -4.39. The summed E-state index contributed by atoms with van der Waals surface area (Å²) < 4.78 is 27.4. The lowest BCUT2D eigenvalue weighted by atomic mass is 9.78. The SMILES string of the molecule is CC/C=C(/NC(C)c1ccc(F)c(F)c1)c1nc(C#N)cnc1NCC1CCC(c2cnc(C)c(C(=NC)NC)c2)CC1. The topological polar surface area (TPSA) is 111 Å². The van der Waals surface area contributed by atoms with E-state index in [0.29, 0.717) is 41.0 Å². The van der Waals surface area contributed by atoms with Gasteiger partial charge in [-0.25, -0.2) is 18.7 Å². The number of nitrogens with zero attached hydrogens (tertiary/aromatic N) is 5. The number of aromatic nitrogens is 3. The minimum atomic E-state index is -0.896. The Labute approximate surface area is 252 Å². The molecule has 3 aromatic rings. The summed E-state index contributed by atoms with van der Waals surface area (Å²) in [5, 5.41) is 19.6. The number of amidine groups is 1. The molecule has 1 atom stereocenters. The molecular formula is C33H40F2N8. The fourth-order valence-electron chi connectivity index (χ4n) is 5.61. The maximum Gasteiger partial charge on any atom is 0.159 e. The average molecular weight is 587 g/mol. The number of pyridine rings is 1. The maximum absolute atomic E-state index is 13.9. The van der Waals surface area contributed by atoms with Gasteiger partial charge in [0.05, 0.1) is 11.9 Å². The van der Waals surface area contributed by atoms with Gasteiger partial charge < -0.3 is 16.0 Å². The summed E-state index contributed by atoms with van der Waals surface area (Å²) in [5.41, 5.74) is 5.25. The van der Waals surface area contributed by atoms with Crippen LogP contribution in [0.25, 0.3) is 5.70 Å². The van der Waals surface area contributed by atoms with Gasteiger partial charge in [-0.15, -0.1) is 0 Å². The molecule has 2 aromatic heterocycles. The summed E-state index contributed by atoms with van der Waals surface area (Å²) in [6, 6.07) is 7.82. The van der Waals surface area contributed by atoms with Crippen LogP contribution in [-0.4, -0.2) is 41.4 Å². The Morgan fingerprint density at radius 3 is 2.56 bits per heavy atom. The molecule has 226 valence electrons. The standard InChI is InChI=1S/C33H40F2N8/c1-6-7-30(42-20(2)24-12-13-28(34)29(35)15-24)31-33(41-19-26(16-36)43-31)40-17-22-8-10-23(11-9-22)25-14-27(21(3)39-18-25)32(37-4)38-5/h7,12-15,18-20,22-23,42H,6,8-11,17H2,1-5H3,(H,37,38)(H,40,41)/b30-7+. The quantitative estimate of drug-likeness (QED) is 0.186. The number of aliphatic imine (C=N–C) groups is 1. The van der Waals surface area contributed by atoms with Crippen molar-refractivity contribution in [2.45, 2.75) is 64.8 Å². The molecule has 0 aliphatic heterocycles. The summed E-state index contributed by atoms with van der Waals surface area (Å²) in [5.74, 6) is 0.544. The average Bonchev–Trinajstić information content (AvgIpc) is 3.02. The summed E-state index contributed by atoms with van der Waals surface area (Å²) in [4.78, 5) is 18.1. The van der Waals surface area contributed by atoms with E-state index in [-0.39, 0.29) is 11.7 Å². The van der Waals surface area contributed by atoms with Gasteiger partial charge in [0, 0.05) is 44.1 Å². The van der Waals surface area contributed by atoms with E-state index in [0.717, 1.165) is 55.4 Å². The molecule has 8 nitrogen and oxygen atoms in total. The van der Waals surface area contributed by atoms with E-state index < -0.39 is 11.6 Å². The van der Waals surface area contributed by atoms with Gasteiger partial charge in [0.15, 0.2) is 23.1 Å². The number of halogens is 2. The third-order valence-corrected chi connectivity index (χ3v) is 8.07. The number of aryl methyl sites for hydroxylation is 1. The zero-order valence-electron chi connectivity index (χ0n) is 25.5. The number of hydrogen-bond acceptors (Lipinski definition) is 7. The van der Waals surface area contributed by atoms with Gasteiger partial charge in [-0.05, 0) is 87.1 Å². The van der Waals surface area contributed by atoms with Crippen LogP contribution in [0, 0.1) is 35.8 Å². The first-order valence-electron chi connectivity index (χ1n) is 14.8. The van der Waals surface area contributed by atoms with E-state index in [4.69, 9.17) is 0 Å². The van der Waals surface area contributed by atoms with Gasteiger partial charge in [-0.2, -0.15) is 5.26 Å². The fourth-order valence-corrected chi connectivity index (χ4v) is 5.61. The van der Waals surface area contributed by atoms with Crippen molar-refractivity contribution in [3.05, 3.63) is 88.1 Å².